The lowest BCUT2D eigenvalue weighted by Gasteiger charge is -2.13. The lowest BCUT2D eigenvalue weighted by molar-refractivity contribution is -0.152. The molecular weight excluding hydrogens is 276 g/mol. The summed E-state index contributed by atoms with van der Waals surface area (Å²) in [5.41, 5.74) is 3.37. The van der Waals surface area contributed by atoms with Crippen molar-refractivity contribution in [1.82, 2.24) is 0 Å². The molecule has 3 unspecified atom stereocenters. The number of esters is 1. The standard InChI is InChI=1S/C19H24O3/c1-11(2)9-13-17(19(13,4)5)18(20)22-15-10-21-14-8-6-7-12(3)16(14)15/h6-9,13,15,17H,10H2,1-5H3. The first kappa shape index (κ1) is 15.1. The molecule has 1 aromatic carbocycles. The highest BCUT2D eigenvalue weighted by Crippen LogP contribution is 2.60. The fourth-order valence-electron chi connectivity index (χ4n) is 3.55. The monoisotopic (exact) mass is 300 g/mol. The minimum atomic E-state index is -0.271. The van der Waals surface area contributed by atoms with Crippen molar-refractivity contribution < 1.29 is 14.3 Å². The molecule has 3 nitrogen and oxygen atoms in total. The van der Waals surface area contributed by atoms with Crippen LogP contribution in [-0.4, -0.2) is 12.6 Å². The Bertz CT molecular complexity index is 638. The van der Waals surface area contributed by atoms with Gasteiger partial charge in [0, 0.05) is 5.56 Å². The molecule has 0 N–H and O–H groups in total. The summed E-state index contributed by atoms with van der Waals surface area (Å²) in [6, 6.07) is 5.93. The van der Waals surface area contributed by atoms with Crippen LogP contribution in [0, 0.1) is 24.2 Å². The molecule has 1 aliphatic carbocycles. The van der Waals surface area contributed by atoms with E-state index in [1.54, 1.807) is 0 Å². The molecule has 0 radical (unpaired) electrons. The molecule has 3 heteroatoms. The van der Waals surface area contributed by atoms with E-state index in [0.717, 1.165) is 16.9 Å². The summed E-state index contributed by atoms with van der Waals surface area (Å²) in [6.45, 7) is 10.9. The maximum atomic E-state index is 12.6. The molecule has 1 aliphatic heterocycles. The van der Waals surface area contributed by atoms with Crippen molar-refractivity contribution in [3.8, 4) is 5.75 Å². The lowest BCUT2D eigenvalue weighted by Crippen LogP contribution is -2.16. The van der Waals surface area contributed by atoms with Crippen LogP contribution in [0.2, 0.25) is 0 Å². The summed E-state index contributed by atoms with van der Waals surface area (Å²) < 4.78 is 11.4. The minimum absolute atomic E-state index is 0.0115. The summed E-state index contributed by atoms with van der Waals surface area (Å²) >= 11 is 0. The second-order valence-corrected chi connectivity index (χ2v) is 7.29. The minimum Gasteiger partial charge on any atom is -0.489 e. The van der Waals surface area contributed by atoms with Gasteiger partial charge in [-0.15, -0.1) is 0 Å². The number of hydrogen-bond donors (Lipinski definition) is 0. The Hall–Kier alpha value is -1.77. The van der Waals surface area contributed by atoms with Gasteiger partial charge in [-0.2, -0.15) is 0 Å². The van der Waals surface area contributed by atoms with E-state index in [1.807, 2.05) is 25.1 Å². The zero-order chi connectivity index (χ0) is 16.1. The van der Waals surface area contributed by atoms with Crippen molar-refractivity contribution in [3.05, 3.63) is 41.0 Å². The van der Waals surface area contributed by atoms with Crippen LogP contribution in [-0.2, 0) is 9.53 Å². The summed E-state index contributed by atoms with van der Waals surface area (Å²) in [5, 5.41) is 0. The van der Waals surface area contributed by atoms with Crippen LogP contribution >= 0.6 is 0 Å². The molecule has 1 fully saturated rings. The number of hydrogen-bond acceptors (Lipinski definition) is 3. The number of ether oxygens (including phenoxy) is 2. The summed E-state index contributed by atoms with van der Waals surface area (Å²) in [7, 11) is 0. The van der Waals surface area contributed by atoms with Gasteiger partial charge in [-0.1, -0.05) is 37.6 Å². The van der Waals surface area contributed by atoms with E-state index in [9.17, 15) is 4.79 Å². The van der Waals surface area contributed by atoms with E-state index in [0.29, 0.717) is 6.61 Å². The number of fused-ring (bicyclic) bond motifs is 1. The molecule has 0 aromatic heterocycles. The first-order valence-electron chi connectivity index (χ1n) is 7.90. The van der Waals surface area contributed by atoms with Crippen molar-refractivity contribution in [2.45, 2.75) is 40.7 Å². The van der Waals surface area contributed by atoms with Crippen molar-refractivity contribution in [3.63, 3.8) is 0 Å². The molecular formula is C19H24O3. The van der Waals surface area contributed by atoms with E-state index in [4.69, 9.17) is 9.47 Å². The number of rotatable bonds is 3. The Morgan fingerprint density at radius 1 is 1.36 bits per heavy atom. The first-order valence-corrected chi connectivity index (χ1v) is 7.90. The van der Waals surface area contributed by atoms with Crippen LogP contribution in [0.4, 0.5) is 0 Å². The van der Waals surface area contributed by atoms with Crippen LogP contribution in [0.5, 0.6) is 5.75 Å². The molecule has 22 heavy (non-hydrogen) atoms. The average Bonchev–Trinajstić information content (AvgIpc) is 2.78. The second kappa shape index (κ2) is 5.15. The Balaban J connectivity index is 1.74. The topological polar surface area (TPSA) is 35.5 Å². The summed E-state index contributed by atoms with van der Waals surface area (Å²) in [6.07, 6.45) is 1.92. The molecule has 0 saturated heterocycles. The number of benzene rings is 1. The highest BCUT2D eigenvalue weighted by molar-refractivity contribution is 5.78. The maximum Gasteiger partial charge on any atom is 0.310 e. The number of aryl methyl sites for hydroxylation is 1. The second-order valence-electron chi connectivity index (χ2n) is 7.29. The molecule has 1 saturated carbocycles. The van der Waals surface area contributed by atoms with Gasteiger partial charge in [0.05, 0.1) is 5.92 Å². The smallest absolute Gasteiger partial charge is 0.310 e. The van der Waals surface area contributed by atoms with Crippen molar-refractivity contribution >= 4 is 5.97 Å². The van der Waals surface area contributed by atoms with Crippen LogP contribution in [0.15, 0.2) is 29.8 Å². The Morgan fingerprint density at radius 2 is 2.09 bits per heavy atom. The van der Waals surface area contributed by atoms with Crippen molar-refractivity contribution in [2.24, 2.45) is 17.3 Å². The van der Waals surface area contributed by atoms with Crippen LogP contribution in [0.1, 0.15) is 44.9 Å². The average molecular weight is 300 g/mol. The fourth-order valence-corrected chi connectivity index (χ4v) is 3.55. The van der Waals surface area contributed by atoms with E-state index < -0.39 is 0 Å². The normalized spacial score (nSPS) is 27.6. The number of allylic oxidation sites excluding steroid dienone is 2. The van der Waals surface area contributed by atoms with Gasteiger partial charge in [-0.25, -0.2) is 0 Å². The van der Waals surface area contributed by atoms with E-state index in [-0.39, 0.29) is 29.3 Å². The van der Waals surface area contributed by atoms with E-state index >= 15 is 0 Å². The Morgan fingerprint density at radius 3 is 2.77 bits per heavy atom. The number of carbonyl (C=O) groups is 1. The molecule has 118 valence electrons. The van der Waals surface area contributed by atoms with Gasteiger partial charge in [0.25, 0.3) is 0 Å². The molecule has 1 aromatic rings. The predicted molar refractivity (Wildman–Crippen MR) is 85.7 cm³/mol. The molecule has 2 aliphatic rings. The summed E-state index contributed by atoms with van der Waals surface area (Å²) in [4.78, 5) is 12.6. The highest BCUT2D eigenvalue weighted by Gasteiger charge is 2.61. The third kappa shape index (κ3) is 2.43. The zero-order valence-electron chi connectivity index (χ0n) is 14.0. The van der Waals surface area contributed by atoms with Crippen molar-refractivity contribution in [2.75, 3.05) is 6.61 Å². The number of carbonyl (C=O) groups excluding carboxylic acids is 1. The van der Waals surface area contributed by atoms with Crippen molar-refractivity contribution in [1.29, 1.82) is 0 Å². The first-order chi connectivity index (χ1) is 10.3. The zero-order valence-corrected chi connectivity index (χ0v) is 14.0. The van der Waals surface area contributed by atoms with Crippen LogP contribution in [0.25, 0.3) is 0 Å². The molecule has 0 bridgehead atoms. The van der Waals surface area contributed by atoms with Gasteiger partial charge in [0.2, 0.25) is 0 Å². The molecule has 0 spiro atoms. The summed E-state index contributed by atoms with van der Waals surface area (Å²) in [5.74, 6) is 0.977. The maximum absolute atomic E-state index is 12.6. The van der Waals surface area contributed by atoms with Gasteiger partial charge in [0.15, 0.2) is 6.10 Å². The predicted octanol–water partition coefficient (Wildman–Crippen LogP) is 4.21. The third-order valence-electron chi connectivity index (χ3n) is 4.93. The van der Waals surface area contributed by atoms with E-state index in [2.05, 4.69) is 33.8 Å². The fraction of sp³-hybridized carbons (Fsp3) is 0.526. The van der Waals surface area contributed by atoms with Gasteiger partial charge in [0.1, 0.15) is 12.4 Å². The SMILES string of the molecule is CC(C)=CC1C(C(=O)OC2COc3cccc(C)c32)C1(C)C. The van der Waals surface area contributed by atoms with Crippen LogP contribution < -0.4 is 4.74 Å². The van der Waals surface area contributed by atoms with Crippen LogP contribution in [0.3, 0.4) is 0 Å². The third-order valence-corrected chi connectivity index (χ3v) is 4.93. The van der Waals surface area contributed by atoms with Gasteiger partial charge < -0.3 is 9.47 Å². The van der Waals surface area contributed by atoms with E-state index in [1.165, 1.54) is 5.57 Å². The quantitative estimate of drug-likeness (QED) is 0.619. The van der Waals surface area contributed by atoms with Gasteiger partial charge >= 0.3 is 5.97 Å². The lowest BCUT2D eigenvalue weighted by atomic mass is 10.0. The Labute approximate surface area is 132 Å². The Kier molecular flexibility index (Phi) is 3.54. The molecule has 0 amide bonds. The van der Waals surface area contributed by atoms with Gasteiger partial charge in [-0.3, -0.25) is 4.79 Å². The van der Waals surface area contributed by atoms with Gasteiger partial charge in [-0.05, 0) is 43.7 Å². The molecule has 3 rings (SSSR count). The molecule has 3 atom stereocenters. The highest BCUT2D eigenvalue weighted by atomic mass is 16.6. The largest absolute Gasteiger partial charge is 0.489 e. The molecule has 1 heterocycles.